The number of carbonyl (C=O) groups excluding carboxylic acids is 3. The number of urea groups is 1. The van der Waals surface area contributed by atoms with Gasteiger partial charge in [0.25, 0.3) is 5.91 Å². The fourth-order valence-corrected chi connectivity index (χ4v) is 3.91. The van der Waals surface area contributed by atoms with Gasteiger partial charge in [-0.05, 0) is 38.6 Å². The van der Waals surface area contributed by atoms with E-state index in [9.17, 15) is 14.4 Å². The van der Waals surface area contributed by atoms with Gasteiger partial charge < -0.3 is 16.0 Å². The maximum atomic E-state index is 12.7. The molecule has 7 nitrogen and oxygen atoms in total. The molecule has 23 heavy (non-hydrogen) atoms. The molecule has 1 saturated carbocycles. The number of nitrogens with zero attached hydrogens (tertiary/aromatic N) is 1. The number of imide groups is 1. The third-order valence-electron chi connectivity index (χ3n) is 5.57. The highest BCUT2D eigenvalue weighted by Crippen LogP contribution is 2.35. The fourth-order valence-electron chi connectivity index (χ4n) is 3.91. The Balaban J connectivity index is 1.67. The van der Waals surface area contributed by atoms with Crippen molar-refractivity contribution in [2.24, 2.45) is 5.92 Å². The van der Waals surface area contributed by atoms with Crippen LogP contribution in [0.25, 0.3) is 0 Å². The molecule has 7 heteroatoms. The van der Waals surface area contributed by atoms with Crippen molar-refractivity contribution in [1.29, 1.82) is 0 Å². The molecule has 2 heterocycles. The van der Waals surface area contributed by atoms with Crippen LogP contribution in [0.2, 0.25) is 0 Å². The lowest BCUT2D eigenvalue weighted by Crippen LogP contribution is -2.56. The minimum absolute atomic E-state index is 0.0416. The van der Waals surface area contributed by atoms with E-state index in [1.54, 1.807) is 6.92 Å². The highest BCUT2D eigenvalue weighted by atomic mass is 16.2. The molecule has 3 N–H and O–H groups in total. The van der Waals surface area contributed by atoms with Crippen molar-refractivity contribution in [2.75, 3.05) is 13.1 Å². The third kappa shape index (κ3) is 2.82. The number of amides is 4. The average Bonchev–Trinajstić information content (AvgIpc) is 3.07. The van der Waals surface area contributed by atoms with Crippen molar-refractivity contribution in [3.05, 3.63) is 0 Å². The van der Waals surface area contributed by atoms with E-state index in [4.69, 9.17) is 0 Å². The molecular formula is C16H26N4O3. The Labute approximate surface area is 136 Å². The molecule has 128 valence electrons. The van der Waals surface area contributed by atoms with Gasteiger partial charge >= 0.3 is 6.03 Å². The zero-order valence-electron chi connectivity index (χ0n) is 13.9. The van der Waals surface area contributed by atoms with E-state index in [2.05, 4.69) is 22.9 Å². The van der Waals surface area contributed by atoms with Crippen LogP contribution in [-0.4, -0.2) is 53.5 Å². The summed E-state index contributed by atoms with van der Waals surface area (Å²) in [5.74, 6) is -0.113. The topological polar surface area (TPSA) is 90.5 Å². The molecule has 0 bridgehead atoms. The summed E-state index contributed by atoms with van der Waals surface area (Å²) in [6.45, 7) is 5.42. The normalized spacial score (nSPS) is 31.3. The van der Waals surface area contributed by atoms with Crippen molar-refractivity contribution in [3.8, 4) is 0 Å². The molecule has 0 radical (unpaired) electrons. The van der Waals surface area contributed by atoms with Crippen LogP contribution in [0, 0.1) is 5.92 Å². The second-order valence-electron chi connectivity index (χ2n) is 7.16. The van der Waals surface area contributed by atoms with Gasteiger partial charge in [0.1, 0.15) is 11.6 Å². The lowest BCUT2D eigenvalue weighted by Gasteiger charge is -2.32. The highest BCUT2D eigenvalue weighted by molar-refractivity contribution is 6.10. The predicted octanol–water partition coefficient (Wildman–Crippen LogP) is 0.354. The maximum absolute atomic E-state index is 12.7. The van der Waals surface area contributed by atoms with Crippen LogP contribution in [0.3, 0.4) is 0 Å². The quantitative estimate of drug-likeness (QED) is 0.654. The molecule has 4 amide bonds. The molecule has 1 spiro atoms. The first kappa shape index (κ1) is 16.2. The van der Waals surface area contributed by atoms with Crippen LogP contribution in [0.5, 0.6) is 0 Å². The second kappa shape index (κ2) is 6.11. The predicted molar refractivity (Wildman–Crippen MR) is 84.6 cm³/mol. The monoisotopic (exact) mass is 322 g/mol. The summed E-state index contributed by atoms with van der Waals surface area (Å²) in [6.07, 6.45) is 4.22. The molecule has 3 rings (SSSR count). The van der Waals surface area contributed by atoms with Crippen LogP contribution in [0.4, 0.5) is 4.79 Å². The van der Waals surface area contributed by atoms with Gasteiger partial charge in [-0.2, -0.15) is 0 Å². The van der Waals surface area contributed by atoms with E-state index in [-0.39, 0.29) is 17.9 Å². The number of carbonyl (C=O) groups is 3. The van der Waals surface area contributed by atoms with Crippen molar-refractivity contribution >= 4 is 17.8 Å². The molecule has 3 aliphatic rings. The van der Waals surface area contributed by atoms with E-state index in [1.165, 1.54) is 0 Å². The first-order valence-corrected chi connectivity index (χ1v) is 8.61. The van der Waals surface area contributed by atoms with Gasteiger partial charge in [-0.15, -0.1) is 0 Å². The molecule has 3 atom stereocenters. The molecule has 0 aromatic rings. The van der Waals surface area contributed by atoms with Gasteiger partial charge in [0.15, 0.2) is 0 Å². The zero-order valence-corrected chi connectivity index (χ0v) is 13.9. The van der Waals surface area contributed by atoms with Gasteiger partial charge in [-0.3, -0.25) is 9.59 Å². The van der Waals surface area contributed by atoms with Gasteiger partial charge in [0, 0.05) is 12.6 Å². The SMILES string of the molecule is CC1CCNCC1NC(=O)C(C)N1C(=O)NC2(CCCC2)C1=O. The lowest BCUT2D eigenvalue weighted by molar-refractivity contribution is -0.138. The number of rotatable bonds is 3. The molecule has 2 aliphatic heterocycles. The summed E-state index contributed by atoms with van der Waals surface area (Å²) < 4.78 is 0. The van der Waals surface area contributed by atoms with E-state index in [0.717, 1.165) is 37.3 Å². The van der Waals surface area contributed by atoms with E-state index in [1.807, 2.05) is 0 Å². The van der Waals surface area contributed by atoms with Crippen LogP contribution < -0.4 is 16.0 Å². The molecular weight excluding hydrogens is 296 g/mol. The maximum Gasteiger partial charge on any atom is 0.325 e. The summed E-state index contributed by atoms with van der Waals surface area (Å²) >= 11 is 0. The Morgan fingerprint density at radius 3 is 2.70 bits per heavy atom. The summed E-state index contributed by atoms with van der Waals surface area (Å²) in [4.78, 5) is 38.6. The fraction of sp³-hybridized carbons (Fsp3) is 0.812. The van der Waals surface area contributed by atoms with Crippen molar-refractivity contribution < 1.29 is 14.4 Å². The molecule has 2 saturated heterocycles. The number of hydrogen-bond donors (Lipinski definition) is 3. The van der Waals surface area contributed by atoms with Gasteiger partial charge in [-0.25, -0.2) is 9.69 Å². The summed E-state index contributed by atoms with van der Waals surface area (Å²) in [5.41, 5.74) is -0.759. The van der Waals surface area contributed by atoms with Crippen LogP contribution in [0.1, 0.15) is 46.0 Å². The minimum atomic E-state index is -0.781. The Morgan fingerprint density at radius 2 is 2.04 bits per heavy atom. The first-order valence-electron chi connectivity index (χ1n) is 8.61. The van der Waals surface area contributed by atoms with Crippen molar-refractivity contribution in [2.45, 2.75) is 63.6 Å². The average molecular weight is 322 g/mol. The van der Waals surface area contributed by atoms with Gasteiger partial charge in [0.2, 0.25) is 5.91 Å². The highest BCUT2D eigenvalue weighted by Gasteiger charge is 2.54. The number of piperidine rings is 1. The summed E-state index contributed by atoms with van der Waals surface area (Å²) in [5, 5.41) is 9.07. The largest absolute Gasteiger partial charge is 0.350 e. The number of hydrogen-bond acceptors (Lipinski definition) is 4. The Kier molecular flexibility index (Phi) is 4.31. The second-order valence-corrected chi connectivity index (χ2v) is 7.16. The lowest BCUT2D eigenvalue weighted by atomic mass is 9.94. The van der Waals surface area contributed by atoms with E-state index < -0.39 is 17.6 Å². The van der Waals surface area contributed by atoms with E-state index >= 15 is 0 Å². The van der Waals surface area contributed by atoms with Gasteiger partial charge in [-0.1, -0.05) is 19.8 Å². The van der Waals surface area contributed by atoms with Crippen molar-refractivity contribution in [3.63, 3.8) is 0 Å². The Hall–Kier alpha value is -1.63. The summed E-state index contributed by atoms with van der Waals surface area (Å²) in [7, 11) is 0. The smallest absolute Gasteiger partial charge is 0.325 e. The standard InChI is InChI=1S/C16H26N4O3/c1-10-5-8-17-9-12(10)18-13(21)11(2)20-14(22)16(19-15(20)23)6-3-4-7-16/h10-12,17H,3-9H2,1-2H3,(H,18,21)(H,19,23). The molecule has 0 aromatic carbocycles. The third-order valence-corrected chi connectivity index (χ3v) is 5.57. The van der Waals surface area contributed by atoms with Crippen LogP contribution in [-0.2, 0) is 9.59 Å². The Morgan fingerprint density at radius 1 is 1.35 bits per heavy atom. The minimum Gasteiger partial charge on any atom is -0.350 e. The zero-order chi connectivity index (χ0) is 16.6. The molecule has 3 unspecified atom stereocenters. The molecule has 1 aliphatic carbocycles. The first-order chi connectivity index (χ1) is 10.9. The summed E-state index contributed by atoms with van der Waals surface area (Å²) in [6, 6.07) is -1.18. The van der Waals surface area contributed by atoms with Crippen LogP contribution in [0.15, 0.2) is 0 Å². The Bertz CT molecular complexity index is 515. The molecule has 0 aromatic heterocycles. The number of nitrogens with one attached hydrogen (secondary N) is 3. The van der Waals surface area contributed by atoms with Crippen LogP contribution >= 0.6 is 0 Å². The van der Waals surface area contributed by atoms with Crippen molar-refractivity contribution in [1.82, 2.24) is 20.9 Å². The van der Waals surface area contributed by atoms with Gasteiger partial charge in [0.05, 0.1) is 0 Å². The molecule has 3 fully saturated rings. The van der Waals surface area contributed by atoms with E-state index in [0.29, 0.717) is 18.8 Å².